The number of nitrogens with zero attached hydrogens (tertiary/aromatic N) is 1. The highest BCUT2D eigenvalue weighted by atomic mass is 79.9. The second-order valence-electron chi connectivity index (χ2n) is 5.50. The van der Waals surface area contributed by atoms with Crippen LogP contribution in [0.2, 0.25) is 0 Å². The zero-order chi connectivity index (χ0) is 14.5. The normalized spacial score (nSPS) is 16.1. The third-order valence-corrected chi connectivity index (χ3v) is 4.22. The molecule has 1 fully saturated rings. The summed E-state index contributed by atoms with van der Waals surface area (Å²) in [6, 6.07) is 6.32. The number of nitrogens with one attached hydrogen (secondary N) is 1. The fourth-order valence-corrected chi connectivity index (χ4v) is 3.44. The maximum absolute atomic E-state index is 12.8. The molecule has 1 aromatic carbocycles. The molecule has 0 aliphatic carbocycles. The minimum atomic E-state index is 0.170. The van der Waals surface area contributed by atoms with Crippen molar-refractivity contribution in [2.24, 2.45) is 0 Å². The van der Waals surface area contributed by atoms with Crippen LogP contribution in [0.5, 0.6) is 0 Å². The lowest BCUT2D eigenvalue weighted by molar-refractivity contribution is 0.0642. The van der Waals surface area contributed by atoms with Crippen molar-refractivity contribution in [2.75, 3.05) is 19.6 Å². The van der Waals surface area contributed by atoms with Crippen molar-refractivity contribution in [3.63, 3.8) is 0 Å². The van der Waals surface area contributed by atoms with Gasteiger partial charge in [-0.2, -0.15) is 0 Å². The quantitative estimate of drug-likeness (QED) is 0.912. The largest absolute Gasteiger partial charge is 0.336 e. The van der Waals surface area contributed by atoms with E-state index in [0.717, 1.165) is 54.5 Å². The van der Waals surface area contributed by atoms with Gasteiger partial charge in [-0.05, 0) is 63.0 Å². The predicted octanol–water partition coefficient (Wildman–Crippen LogP) is 3.36. The molecular weight excluding hydrogens is 316 g/mol. The minimum Gasteiger partial charge on any atom is -0.336 e. The number of benzene rings is 1. The number of amides is 1. The Bertz CT molecular complexity index is 449. The summed E-state index contributed by atoms with van der Waals surface area (Å²) in [6.45, 7) is 7.02. The number of piperidine rings is 1. The smallest absolute Gasteiger partial charge is 0.254 e. The van der Waals surface area contributed by atoms with E-state index in [0.29, 0.717) is 6.04 Å². The molecule has 0 unspecified atom stereocenters. The fourth-order valence-electron chi connectivity index (χ4n) is 2.83. The van der Waals surface area contributed by atoms with Gasteiger partial charge in [-0.3, -0.25) is 4.79 Å². The molecule has 1 aromatic rings. The number of hydrogen-bond acceptors (Lipinski definition) is 2. The van der Waals surface area contributed by atoms with Gasteiger partial charge >= 0.3 is 0 Å². The van der Waals surface area contributed by atoms with Gasteiger partial charge in [0.1, 0.15) is 0 Å². The van der Waals surface area contributed by atoms with Crippen LogP contribution in [0.25, 0.3) is 0 Å². The number of hydrogen-bond donors (Lipinski definition) is 1. The van der Waals surface area contributed by atoms with Crippen molar-refractivity contribution in [2.45, 2.75) is 39.2 Å². The number of rotatable bonds is 4. The summed E-state index contributed by atoms with van der Waals surface area (Å²) in [5.41, 5.74) is 1.91. The van der Waals surface area contributed by atoms with Gasteiger partial charge < -0.3 is 10.2 Å². The van der Waals surface area contributed by atoms with Gasteiger partial charge in [0, 0.05) is 22.6 Å². The Hall–Kier alpha value is -0.870. The van der Waals surface area contributed by atoms with Crippen LogP contribution in [-0.4, -0.2) is 36.5 Å². The van der Waals surface area contributed by atoms with E-state index in [1.165, 1.54) is 0 Å². The molecule has 110 valence electrons. The van der Waals surface area contributed by atoms with E-state index >= 15 is 0 Å². The first-order valence-corrected chi connectivity index (χ1v) is 8.20. The molecule has 2 rings (SSSR count). The topological polar surface area (TPSA) is 32.3 Å². The van der Waals surface area contributed by atoms with Crippen molar-refractivity contribution < 1.29 is 4.79 Å². The predicted molar refractivity (Wildman–Crippen MR) is 86.1 cm³/mol. The molecule has 20 heavy (non-hydrogen) atoms. The molecule has 1 N–H and O–H groups in total. The average Bonchev–Trinajstić information content (AvgIpc) is 2.44. The van der Waals surface area contributed by atoms with Gasteiger partial charge in [0.25, 0.3) is 5.91 Å². The monoisotopic (exact) mass is 338 g/mol. The second kappa shape index (κ2) is 7.23. The third kappa shape index (κ3) is 3.83. The summed E-state index contributed by atoms with van der Waals surface area (Å²) in [7, 11) is 0. The van der Waals surface area contributed by atoms with Gasteiger partial charge in [-0.1, -0.05) is 22.9 Å². The lowest BCUT2D eigenvalue weighted by Gasteiger charge is -2.34. The Labute approximate surface area is 129 Å². The molecule has 1 saturated heterocycles. The summed E-state index contributed by atoms with van der Waals surface area (Å²) in [5, 5.41) is 3.36. The average molecular weight is 339 g/mol. The number of carbonyl (C=O) groups excluding carboxylic acids is 1. The molecule has 0 saturated carbocycles. The van der Waals surface area contributed by atoms with E-state index < -0.39 is 0 Å². The summed E-state index contributed by atoms with van der Waals surface area (Å²) in [6.07, 6.45) is 3.11. The lowest BCUT2D eigenvalue weighted by atomic mass is 10.0. The van der Waals surface area contributed by atoms with Crippen molar-refractivity contribution in [1.29, 1.82) is 0 Å². The van der Waals surface area contributed by atoms with E-state index in [4.69, 9.17) is 0 Å². The molecule has 1 aliphatic heterocycles. The Morgan fingerprint density at radius 3 is 2.65 bits per heavy atom. The molecule has 3 nitrogen and oxygen atoms in total. The molecule has 0 atom stereocenters. The van der Waals surface area contributed by atoms with E-state index in [2.05, 4.69) is 33.1 Å². The van der Waals surface area contributed by atoms with Crippen molar-refractivity contribution in [3.8, 4) is 0 Å². The number of halogens is 1. The highest BCUT2D eigenvalue weighted by Gasteiger charge is 2.25. The standard InChI is InChI=1S/C16H23BrN2O/c1-3-8-19(15-4-6-18-7-5-15)16(20)13-9-12(2)10-14(17)11-13/h9-11,15,18H,3-8H2,1-2H3. The third-order valence-electron chi connectivity index (χ3n) is 3.76. The molecular formula is C16H23BrN2O. The SMILES string of the molecule is CCCN(C(=O)c1cc(C)cc(Br)c1)C1CCNCC1. The van der Waals surface area contributed by atoms with Gasteiger partial charge in [-0.15, -0.1) is 0 Å². The van der Waals surface area contributed by atoms with Crippen LogP contribution in [0.4, 0.5) is 0 Å². The van der Waals surface area contributed by atoms with E-state index in [9.17, 15) is 4.79 Å². The van der Waals surface area contributed by atoms with Gasteiger partial charge in [0.05, 0.1) is 0 Å². The van der Waals surface area contributed by atoms with Crippen molar-refractivity contribution in [3.05, 3.63) is 33.8 Å². The highest BCUT2D eigenvalue weighted by Crippen LogP contribution is 2.20. The summed E-state index contributed by atoms with van der Waals surface area (Å²) < 4.78 is 0.975. The van der Waals surface area contributed by atoms with Crippen molar-refractivity contribution >= 4 is 21.8 Å². The number of aryl methyl sites for hydroxylation is 1. The van der Waals surface area contributed by atoms with Gasteiger partial charge in [0.15, 0.2) is 0 Å². The van der Waals surface area contributed by atoms with Crippen molar-refractivity contribution in [1.82, 2.24) is 10.2 Å². The molecule has 0 radical (unpaired) electrons. The van der Waals surface area contributed by atoms with Crippen LogP contribution in [0.15, 0.2) is 22.7 Å². The van der Waals surface area contributed by atoms with Crippen LogP contribution in [0, 0.1) is 6.92 Å². The Morgan fingerprint density at radius 1 is 1.35 bits per heavy atom. The maximum Gasteiger partial charge on any atom is 0.254 e. The first-order valence-electron chi connectivity index (χ1n) is 7.40. The van der Waals surface area contributed by atoms with E-state index in [1.54, 1.807) is 0 Å². The van der Waals surface area contributed by atoms with Crippen LogP contribution in [0.1, 0.15) is 42.1 Å². The molecule has 0 bridgehead atoms. The highest BCUT2D eigenvalue weighted by molar-refractivity contribution is 9.10. The van der Waals surface area contributed by atoms with E-state index in [1.807, 2.05) is 25.1 Å². The Balaban J connectivity index is 2.20. The Kier molecular flexibility index (Phi) is 5.61. The molecule has 4 heteroatoms. The van der Waals surface area contributed by atoms with Gasteiger partial charge in [-0.25, -0.2) is 0 Å². The van der Waals surface area contributed by atoms with Crippen LogP contribution >= 0.6 is 15.9 Å². The summed E-state index contributed by atoms with van der Waals surface area (Å²) in [5.74, 6) is 0.170. The van der Waals surface area contributed by atoms with E-state index in [-0.39, 0.29) is 5.91 Å². The second-order valence-corrected chi connectivity index (χ2v) is 6.41. The molecule has 1 heterocycles. The molecule has 0 aromatic heterocycles. The maximum atomic E-state index is 12.8. The molecule has 1 amide bonds. The minimum absolute atomic E-state index is 0.170. The lowest BCUT2D eigenvalue weighted by Crippen LogP contribution is -2.46. The Morgan fingerprint density at radius 2 is 2.05 bits per heavy atom. The number of carbonyl (C=O) groups is 1. The summed E-state index contributed by atoms with van der Waals surface area (Å²) in [4.78, 5) is 14.9. The molecule has 0 spiro atoms. The first kappa shape index (κ1) is 15.5. The van der Waals surface area contributed by atoms with Crippen LogP contribution in [0.3, 0.4) is 0 Å². The van der Waals surface area contributed by atoms with Crippen LogP contribution in [-0.2, 0) is 0 Å². The van der Waals surface area contributed by atoms with Crippen LogP contribution < -0.4 is 5.32 Å². The summed E-state index contributed by atoms with van der Waals surface area (Å²) >= 11 is 3.48. The first-order chi connectivity index (χ1) is 9.61. The molecule has 1 aliphatic rings. The van der Waals surface area contributed by atoms with Gasteiger partial charge in [0.2, 0.25) is 0 Å². The fraction of sp³-hybridized carbons (Fsp3) is 0.562. The zero-order valence-corrected chi connectivity index (χ0v) is 13.9. The zero-order valence-electron chi connectivity index (χ0n) is 12.3.